The average molecular weight is 326 g/mol. The number of rotatable bonds is 4. The van der Waals surface area contributed by atoms with Crippen molar-refractivity contribution in [1.29, 1.82) is 0 Å². The maximum absolute atomic E-state index is 12.5. The Balaban J connectivity index is 1.46. The molecule has 6 heteroatoms. The summed E-state index contributed by atoms with van der Waals surface area (Å²) in [7, 11) is 0. The molecule has 0 aromatic heterocycles. The predicted molar refractivity (Wildman–Crippen MR) is 86.1 cm³/mol. The van der Waals surface area contributed by atoms with E-state index in [1.807, 2.05) is 6.92 Å². The van der Waals surface area contributed by atoms with Crippen LogP contribution in [0.4, 0.5) is 0 Å². The summed E-state index contributed by atoms with van der Waals surface area (Å²) in [5.74, 6) is -0.390. The molecule has 3 aliphatic heterocycles. The lowest BCUT2D eigenvalue weighted by Gasteiger charge is -2.32. The van der Waals surface area contributed by atoms with E-state index in [4.69, 9.17) is 14.2 Å². The molecular formula is C17H30N2O4. The zero-order valence-corrected chi connectivity index (χ0v) is 14.5. The monoisotopic (exact) mass is 326 g/mol. The van der Waals surface area contributed by atoms with Gasteiger partial charge >= 0.3 is 0 Å². The molecule has 0 saturated carbocycles. The highest BCUT2D eigenvalue weighted by Gasteiger charge is 2.43. The molecule has 23 heavy (non-hydrogen) atoms. The van der Waals surface area contributed by atoms with Gasteiger partial charge in [0.25, 0.3) is 0 Å². The Morgan fingerprint density at radius 3 is 2.57 bits per heavy atom. The maximum Gasteiger partial charge on any atom is 0.237 e. The van der Waals surface area contributed by atoms with Crippen molar-refractivity contribution in [3.05, 3.63) is 0 Å². The van der Waals surface area contributed by atoms with Crippen LogP contribution in [0, 0.1) is 0 Å². The van der Waals surface area contributed by atoms with Crippen LogP contribution in [0.3, 0.4) is 0 Å². The molecule has 3 heterocycles. The number of carbonyl (C=O) groups excluding carboxylic acids is 1. The van der Waals surface area contributed by atoms with Crippen LogP contribution in [0.2, 0.25) is 0 Å². The van der Waals surface area contributed by atoms with Crippen molar-refractivity contribution < 1.29 is 19.0 Å². The van der Waals surface area contributed by atoms with Crippen molar-refractivity contribution in [2.24, 2.45) is 0 Å². The Hall–Kier alpha value is -0.690. The van der Waals surface area contributed by atoms with E-state index in [9.17, 15) is 4.79 Å². The molecule has 0 aromatic rings. The van der Waals surface area contributed by atoms with Crippen LogP contribution < -0.4 is 5.32 Å². The fourth-order valence-corrected chi connectivity index (χ4v) is 4.14. The summed E-state index contributed by atoms with van der Waals surface area (Å²) >= 11 is 0. The fraction of sp³-hybridized carbons (Fsp3) is 0.941. The van der Waals surface area contributed by atoms with Crippen LogP contribution in [0.5, 0.6) is 0 Å². The highest BCUT2D eigenvalue weighted by molar-refractivity contribution is 5.81. The molecule has 1 spiro atoms. The van der Waals surface area contributed by atoms with Crippen LogP contribution in [-0.4, -0.2) is 67.2 Å². The van der Waals surface area contributed by atoms with Gasteiger partial charge in [0.1, 0.15) is 6.10 Å². The molecule has 6 nitrogen and oxygen atoms in total. The van der Waals surface area contributed by atoms with E-state index < -0.39 is 5.79 Å². The van der Waals surface area contributed by atoms with Gasteiger partial charge in [-0.15, -0.1) is 0 Å². The molecule has 3 rings (SSSR count). The van der Waals surface area contributed by atoms with Crippen LogP contribution in [0.25, 0.3) is 0 Å². The Bertz CT molecular complexity index is 415. The number of nitrogens with one attached hydrogen (secondary N) is 1. The Morgan fingerprint density at radius 1 is 1.26 bits per heavy atom. The Labute approximate surface area is 138 Å². The summed E-state index contributed by atoms with van der Waals surface area (Å²) in [5.41, 5.74) is 0. The smallest absolute Gasteiger partial charge is 0.237 e. The van der Waals surface area contributed by atoms with Crippen LogP contribution in [0.1, 0.15) is 46.5 Å². The van der Waals surface area contributed by atoms with E-state index in [0.29, 0.717) is 38.4 Å². The summed E-state index contributed by atoms with van der Waals surface area (Å²) in [4.78, 5) is 14.8. The van der Waals surface area contributed by atoms with Crippen LogP contribution >= 0.6 is 0 Å². The van der Waals surface area contributed by atoms with Crippen LogP contribution in [-0.2, 0) is 19.0 Å². The first kappa shape index (κ1) is 17.1. The maximum atomic E-state index is 12.5. The molecule has 0 bridgehead atoms. The lowest BCUT2D eigenvalue weighted by Crippen LogP contribution is -2.50. The standard InChI is InChI=1S/C17H30N2O4/c1-12-4-5-13(2)19(12)14(3)16(20)18-10-15-11-22-17(23-15)6-8-21-9-7-17/h12-15H,4-11H2,1-3H3,(H,18,20)/t12-,13+,14-,15+/m0/s1. The summed E-state index contributed by atoms with van der Waals surface area (Å²) in [6.07, 6.45) is 3.83. The number of carbonyl (C=O) groups is 1. The van der Waals surface area contributed by atoms with Gasteiger partial charge in [0.2, 0.25) is 5.91 Å². The van der Waals surface area contributed by atoms with Gasteiger partial charge in [-0.05, 0) is 33.6 Å². The summed E-state index contributed by atoms with van der Waals surface area (Å²) in [6, 6.07) is 0.853. The third kappa shape index (κ3) is 3.71. The Kier molecular flexibility index (Phi) is 5.26. The minimum atomic E-state index is -0.475. The van der Waals surface area contributed by atoms with Crippen LogP contribution in [0.15, 0.2) is 0 Å². The minimum Gasteiger partial charge on any atom is -0.381 e. The normalized spacial score (nSPS) is 35.5. The van der Waals surface area contributed by atoms with E-state index in [1.165, 1.54) is 12.8 Å². The van der Waals surface area contributed by atoms with E-state index in [1.54, 1.807) is 0 Å². The largest absolute Gasteiger partial charge is 0.381 e. The highest BCUT2D eigenvalue weighted by Crippen LogP contribution is 2.33. The topological polar surface area (TPSA) is 60.0 Å². The first-order valence-electron chi connectivity index (χ1n) is 8.95. The summed E-state index contributed by atoms with van der Waals surface area (Å²) in [5, 5.41) is 3.05. The van der Waals surface area contributed by atoms with Gasteiger partial charge < -0.3 is 19.5 Å². The molecular weight excluding hydrogens is 296 g/mol. The summed E-state index contributed by atoms with van der Waals surface area (Å²) in [6.45, 7) is 8.83. The van der Waals surface area contributed by atoms with Gasteiger partial charge in [-0.3, -0.25) is 9.69 Å². The van der Waals surface area contributed by atoms with Gasteiger partial charge in [0, 0.05) is 31.5 Å². The first-order valence-corrected chi connectivity index (χ1v) is 8.95. The molecule has 0 aromatic carbocycles. The molecule has 1 N–H and O–H groups in total. The van der Waals surface area contributed by atoms with Crippen molar-refractivity contribution in [3.63, 3.8) is 0 Å². The SMILES string of the molecule is C[C@@H]1CC[C@H](C)N1[C@@H](C)C(=O)NC[C@@H]1COC2(CCOCC2)O1. The van der Waals surface area contributed by atoms with Crippen molar-refractivity contribution in [2.45, 2.75) is 76.5 Å². The molecule has 132 valence electrons. The number of hydrogen-bond donors (Lipinski definition) is 1. The molecule has 0 radical (unpaired) electrons. The van der Waals surface area contributed by atoms with Crippen molar-refractivity contribution in [3.8, 4) is 0 Å². The number of amides is 1. The third-order valence-corrected chi connectivity index (χ3v) is 5.52. The zero-order chi connectivity index (χ0) is 16.4. The Morgan fingerprint density at radius 2 is 1.91 bits per heavy atom. The van der Waals surface area contributed by atoms with Crippen molar-refractivity contribution in [1.82, 2.24) is 10.2 Å². The lowest BCUT2D eigenvalue weighted by atomic mass is 10.1. The second-order valence-electron chi connectivity index (χ2n) is 7.22. The lowest BCUT2D eigenvalue weighted by molar-refractivity contribution is -0.210. The molecule has 3 fully saturated rings. The zero-order valence-electron chi connectivity index (χ0n) is 14.5. The predicted octanol–water partition coefficient (Wildman–Crippen LogP) is 1.29. The molecule has 4 atom stereocenters. The molecule has 0 aliphatic carbocycles. The average Bonchev–Trinajstić information content (AvgIpc) is 3.09. The minimum absolute atomic E-state index is 0.0577. The van der Waals surface area contributed by atoms with E-state index in [0.717, 1.165) is 12.8 Å². The third-order valence-electron chi connectivity index (χ3n) is 5.52. The van der Waals surface area contributed by atoms with Gasteiger partial charge in [-0.1, -0.05) is 0 Å². The van der Waals surface area contributed by atoms with E-state index in [2.05, 4.69) is 24.1 Å². The second kappa shape index (κ2) is 7.05. The second-order valence-corrected chi connectivity index (χ2v) is 7.22. The number of nitrogens with zero attached hydrogens (tertiary/aromatic N) is 1. The number of ether oxygens (including phenoxy) is 3. The number of likely N-dealkylation sites (tertiary alicyclic amines) is 1. The molecule has 0 unspecified atom stereocenters. The summed E-state index contributed by atoms with van der Waals surface area (Å²) < 4.78 is 17.3. The fourth-order valence-electron chi connectivity index (χ4n) is 4.14. The van der Waals surface area contributed by atoms with Gasteiger partial charge in [0.15, 0.2) is 5.79 Å². The van der Waals surface area contributed by atoms with E-state index >= 15 is 0 Å². The molecule has 3 aliphatic rings. The van der Waals surface area contributed by atoms with Crippen molar-refractivity contribution in [2.75, 3.05) is 26.4 Å². The number of hydrogen-bond acceptors (Lipinski definition) is 5. The highest BCUT2D eigenvalue weighted by atomic mass is 16.7. The quantitative estimate of drug-likeness (QED) is 0.843. The van der Waals surface area contributed by atoms with Gasteiger partial charge in [-0.2, -0.15) is 0 Å². The van der Waals surface area contributed by atoms with Gasteiger partial charge in [-0.25, -0.2) is 0 Å². The van der Waals surface area contributed by atoms with Crippen molar-refractivity contribution >= 4 is 5.91 Å². The van der Waals surface area contributed by atoms with E-state index in [-0.39, 0.29) is 18.1 Å². The molecule has 1 amide bonds. The van der Waals surface area contributed by atoms with Gasteiger partial charge in [0.05, 0.1) is 25.9 Å². The first-order chi connectivity index (χ1) is 11.0. The molecule has 3 saturated heterocycles.